The van der Waals surface area contributed by atoms with E-state index in [9.17, 15) is 4.79 Å². The summed E-state index contributed by atoms with van der Waals surface area (Å²) in [6, 6.07) is 6.13. The summed E-state index contributed by atoms with van der Waals surface area (Å²) >= 11 is 0. The lowest BCUT2D eigenvalue weighted by molar-refractivity contribution is -0.137. The molecule has 0 heterocycles. The van der Waals surface area contributed by atoms with Gasteiger partial charge in [-0.1, -0.05) is 45.2 Å². The Balaban J connectivity index is 2.84. The van der Waals surface area contributed by atoms with Gasteiger partial charge in [-0.3, -0.25) is 4.79 Å². The van der Waals surface area contributed by atoms with E-state index in [4.69, 9.17) is 9.84 Å². The molecule has 0 bridgehead atoms. The van der Waals surface area contributed by atoms with Crippen LogP contribution in [-0.2, 0) is 11.2 Å². The van der Waals surface area contributed by atoms with Gasteiger partial charge >= 0.3 is 5.97 Å². The Bertz CT molecular complexity index is 440. The fourth-order valence-corrected chi connectivity index (χ4v) is 2.70. The second kappa shape index (κ2) is 9.43. The van der Waals surface area contributed by atoms with E-state index >= 15 is 0 Å². The van der Waals surface area contributed by atoms with E-state index in [1.807, 2.05) is 19.1 Å². The molecule has 1 rings (SSSR count). The van der Waals surface area contributed by atoms with Crippen molar-refractivity contribution in [1.82, 2.24) is 0 Å². The van der Waals surface area contributed by atoms with Gasteiger partial charge in [0.2, 0.25) is 0 Å². The van der Waals surface area contributed by atoms with E-state index < -0.39 is 5.97 Å². The first kappa shape index (κ1) is 17.5. The van der Waals surface area contributed by atoms with Gasteiger partial charge in [-0.05, 0) is 42.4 Å². The van der Waals surface area contributed by atoms with Gasteiger partial charge in [0.15, 0.2) is 0 Å². The van der Waals surface area contributed by atoms with Gasteiger partial charge in [-0.2, -0.15) is 0 Å². The molecular formula is C18H28O3. The number of aliphatic carboxylic acids is 1. The fraction of sp³-hybridized carbons (Fsp3) is 0.611. The molecule has 0 saturated carbocycles. The lowest BCUT2D eigenvalue weighted by atomic mass is 9.91. The van der Waals surface area contributed by atoms with Crippen molar-refractivity contribution >= 4 is 5.97 Å². The zero-order chi connectivity index (χ0) is 15.7. The van der Waals surface area contributed by atoms with Crippen LogP contribution in [0.1, 0.15) is 69.4 Å². The van der Waals surface area contributed by atoms with Crippen molar-refractivity contribution in [1.29, 1.82) is 0 Å². The number of methoxy groups -OCH3 is 1. The Hall–Kier alpha value is -1.51. The SMILES string of the molecule is CCCCCCc1cc(C(CC)CC(=O)O)ccc1OC. The van der Waals surface area contributed by atoms with Gasteiger partial charge < -0.3 is 9.84 Å². The third-order valence-corrected chi connectivity index (χ3v) is 3.99. The fourth-order valence-electron chi connectivity index (χ4n) is 2.70. The van der Waals surface area contributed by atoms with Gasteiger partial charge in [-0.25, -0.2) is 0 Å². The zero-order valence-electron chi connectivity index (χ0n) is 13.5. The van der Waals surface area contributed by atoms with Crippen LogP contribution in [0.5, 0.6) is 5.75 Å². The third kappa shape index (κ3) is 5.78. The highest BCUT2D eigenvalue weighted by molar-refractivity contribution is 5.68. The van der Waals surface area contributed by atoms with E-state index in [0.717, 1.165) is 30.6 Å². The van der Waals surface area contributed by atoms with Crippen molar-refractivity contribution < 1.29 is 14.6 Å². The predicted octanol–water partition coefficient (Wildman–Crippen LogP) is 4.79. The van der Waals surface area contributed by atoms with Gasteiger partial charge in [0.05, 0.1) is 13.5 Å². The minimum absolute atomic E-state index is 0.0859. The van der Waals surface area contributed by atoms with E-state index in [0.29, 0.717) is 0 Å². The number of rotatable bonds is 10. The molecule has 3 heteroatoms. The molecule has 0 radical (unpaired) electrons. The molecule has 0 aliphatic carbocycles. The monoisotopic (exact) mass is 292 g/mol. The maximum Gasteiger partial charge on any atom is 0.303 e. The predicted molar refractivity (Wildman–Crippen MR) is 86.1 cm³/mol. The number of benzene rings is 1. The largest absolute Gasteiger partial charge is 0.496 e. The third-order valence-electron chi connectivity index (χ3n) is 3.99. The molecule has 3 nitrogen and oxygen atoms in total. The van der Waals surface area contributed by atoms with E-state index in [-0.39, 0.29) is 12.3 Å². The van der Waals surface area contributed by atoms with Crippen LogP contribution in [0.3, 0.4) is 0 Å². The topological polar surface area (TPSA) is 46.5 Å². The van der Waals surface area contributed by atoms with Crippen LogP contribution in [0.15, 0.2) is 18.2 Å². The average Bonchev–Trinajstić information content (AvgIpc) is 2.48. The highest BCUT2D eigenvalue weighted by Crippen LogP contribution is 2.29. The number of unbranched alkanes of at least 4 members (excludes halogenated alkanes) is 3. The van der Waals surface area contributed by atoms with Crippen LogP contribution < -0.4 is 4.74 Å². The van der Waals surface area contributed by atoms with E-state index in [1.165, 1.54) is 24.8 Å². The molecule has 118 valence electrons. The summed E-state index contributed by atoms with van der Waals surface area (Å²) < 4.78 is 5.44. The molecule has 0 aliphatic rings. The van der Waals surface area contributed by atoms with Crippen LogP contribution in [0, 0.1) is 0 Å². The van der Waals surface area contributed by atoms with Crippen molar-refractivity contribution in [3.63, 3.8) is 0 Å². The molecule has 0 aliphatic heterocycles. The van der Waals surface area contributed by atoms with Crippen LogP contribution in [0.4, 0.5) is 0 Å². The van der Waals surface area contributed by atoms with E-state index in [1.54, 1.807) is 7.11 Å². The Kier molecular flexibility index (Phi) is 7.88. The van der Waals surface area contributed by atoms with Crippen molar-refractivity contribution in [3.05, 3.63) is 29.3 Å². The normalized spacial score (nSPS) is 12.1. The minimum atomic E-state index is -0.734. The number of aryl methyl sites for hydroxylation is 1. The number of ether oxygens (including phenoxy) is 1. The standard InChI is InChI=1S/C18H28O3/c1-4-6-7-8-9-16-12-15(10-11-17(16)21-3)14(5-2)13-18(19)20/h10-12,14H,4-9,13H2,1-3H3,(H,19,20). The summed E-state index contributed by atoms with van der Waals surface area (Å²) in [5.74, 6) is 0.269. The van der Waals surface area contributed by atoms with Gasteiger partial charge in [0.1, 0.15) is 5.75 Å². The first-order valence-electron chi connectivity index (χ1n) is 8.00. The molecule has 1 N–H and O–H groups in total. The van der Waals surface area contributed by atoms with Gasteiger partial charge in [-0.15, -0.1) is 0 Å². The van der Waals surface area contributed by atoms with Crippen LogP contribution in [0.25, 0.3) is 0 Å². The second-order valence-corrected chi connectivity index (χ2v) is 5.58. The molecular weight excluding hydrogens is 264 g/mol. The molecule has 0 aromatic heterocycles. The van der Waals surface area contributed by atoms with Crippen molar-refractivity contribution in [2.75, 3.05) is 7.11 Å². The summed E-state index contributed by atoms with van der Waals surface area (Å²) in [4.78, 5) is 11.0. The van der Waals surface area contributed by atoms with Gasteiger partial charge in [0, 0.05) is 0 Å². The zero-order valence-corrected chi connectivity index (χ0v) is 13.5. The van der Waals surface area contributed by atoms with E-state index in [2.05, 4.69) is 13.0 Å². The quantitative estimate of drug-likeness (QED) is 0.631. The molecule has 0 fully saturated rings. The molecule has 1 aromatic carbocycles. The van der Waals surface area contributed by atoms with Crippen LogP contribution in [-0.4, -0.2) is 18.2 Å². The first-order valence-corrected chi connectivity index (χ1v) is 8.00. The molecule has 0 amide bonds. The Morgan fingerprint density at radius 3 is 2.57 bits per heavy atom. The van der Waals surface area contributed by atoms with Crippen LogP contribution >= 0.6 is 0 Å². The van der Waals surface area contributed by atoms with Crippen molar-refractivity contribution in [3.8, 4) is 5.75 Å². The Labute approximate surface area is 128 Å². The molecule has 0 saturated heterocycles. The summed E-state index contributed by atoms with van der Waals surface area (Å²) in [6.07, 6.45) is 6.92. The van der Waals surface area contributed by atoms with Gasteiger partial charge in [0.25, 0.3) is 0 Å². The maximum atomic E-state index is 11.0. The van der Waals surface area contributed by atoms with Crippen molar-refractivity contribution in [2.24, 2.45) is 0 Å². The summed E-state index contributed by atoms with van der Waals surface area (Å²) in [6.45, 7) is 4.25. The Morgan fingerprint density at radius 1 is 1.24 bits per heavy atom. The maximum absolute atomic E-state index is 11.0. The molecule has 1 aromatic rings. The van der Waals surface area contributed by atoms with Crippen molar-refractivity contribution in [2.45, 2.75) is 64.7 Å². The highest BCUT2D eigenvalue weighted by Gasteiger charge is 2.15. The summed E-state index contributed by atoms with van der Waals surface area (Å²) in [7, 11) is 1.69. The number of carboxylic acids is 1. The molecule has 1 atom stereocenters. The molecule has 21 heavy (non-hydrogen) atoms. The number of hydrogen-bond acceptors (Lipinski definition) is 2. The molecule has 0 spiro atoms. The van der Waals surface area contributed by atoms with Crippen LogP contribution in [0.2, 0.25) is 0 Å². The number of carbonyl (C=O) groups is 1. The summed E-state index contributed by atoms with van der Waals surface area (Å²) in [5, 5.41) is 9.02. The molecule has 1 unspecified atom stereocenters. The summed E-state index contributed by atoms with van der Waals surface area (Å²) in [5.41, 5.74) is 2.32. The smallest absolute Gasteiger partial charge is 0.303 e. The first-order chi connectivity index (χ1) is 10.1. The number of carboxylic acid groups (broad SMARTS) is 1. The average molecular weight is 292 g/mol. The minimum Gasteiger partial charge on any atom is -0.496 e. The highest BCUT2D eigenvalue weighted by atomic mass is 16.5. The number of hydrogen-bond donors (Lipinski definition) is 1. The lowest BCUT2D eigenvalue weighted by Gasteiger charge is -2.16. The lowest BCUT2D eigenvalue weighted by Crippen LogP contribution is -2.06. The second-order valence-electron chi connectivity index (χ2n) is 5.58. The Morgan fingerprint density at radius 2 is 2.00 bits per heavy atom.